The van der Waals surface area contributed by atoms with Gasteiger partial charge in [-0.05, 0) is 12.5 Å². The minimum absolute atomic E-state index is 0.0100. The molecule has 1 rings (SSSR count). The van der Waals surface area contributed by atoms with Gasteiger partial charge in [0.2, 0.25) is 5.57 Å². The van der Waals surface area contributed by atoms with E-state index in [0.29, 0.717) is 6.42 Å². The van der Waals surface area contributed by atoms with Gasteiger partial charge in [-0.1, -0.05) is 17.0 Å². The monoisotopic (exact) mass is 277 g/mol. The van der Waals surface area contributed by atoms with Gasteiger partial charge in [-0.15, -0.1) is 0 Å². The van der Waals surface area contributed by atoms with Crippen molar-refractivity contribution >= 4 is 11.7 Å². The number of hydrogen-bond donors (Lipinski definition) is 2. The van der Waals surface area contributed by atoms with E-state index in [1.807, 2.05) is 0 Å². The molecule has 0 atom stereocenters. The Morgan fingerprint density at radius 2 is 1.95 bits per heavy atom. The highest BCUT2D eigenvalue weighted by Gasteiger charge is 2.14. The van der Waals surface area contributed by atoms with Crippen molar-refractivity contribution < 1.29 is 19.9 Å². The summed E-state index contributed by atoms with van der Waals surface area (Å²) in [6.45, 7) is 1.50. The Morgan fingerprint density at radius 3 is 2.40 bits per heavy atom. The van der Waals surface area contributed by atoms with E-state index in [1.165, 1.54) is 19.1 Å². The molecule has 0 spiro atoms. The highest BCUT2D eigenvalue weighted by molar-refractivity contribution is 5.91. The molecule has 1 aromatic rings. The second kappa shape index (κ2) is 6.89. The maximum atomic E-state index is 10.7. The van der Waals surface area contributed by atoms with Crippen LogP contribution in [-0.2, 0) is 11.2 Å². The van der Waals surface area contributed by atoms with E-state index in [1.54, 1.807) is 12.1 Å². The maximum Gasteiger partial charge on any atom is 0.354 e. The first-order chi connectivity index (χ1) is 9.41. The number of benzene rings is 1. The van der Waals surface area contributed by atoms with E-state index < -0.39 is 10.9 Å². The van der Waals surface area contributed by atoms with Crippen molar-refractivity contribution in [3.05, 3.63) is 56.1 Å². The molecule has 0 saturated heterocycles. The lowest BCUT2D eigenvalue weighted by molar-refractivity contribution is -0.384. The van der Waals surface area contributed by atoms with Crippen LogP contribution in [0.5, 0.6) is 0 Å². The molecule has 0 unspecified atom stereocenters. The number of carboxylic acids is 1. The number of allylic oxidation sites excluding steroid dienone is 1. The first-order valence-corrected chi connectivity index (χ1v) is 5.70. The van der Waals surface area contributed by atoms with E-state index in [4.69, 9.17) is 10.2 Å². The summed E-state index contributed by atoms with van der Waals surface area (Å²) in [5.41, 5.74) is 0.465. The molecule has 0 amide bonds. The van der Waals surface area contributed by atoms with Gasteiger partial charge in [0.05, 0.1) is 4.92 Å². The zero-order valence-electron chi connectivity index (χ0n) is 10.7. The molecule has 7 heteroatoms. The highest BCUT2D eigenvalue weighted by Crippen LogP contribution is 2.12. The van der Waals surface area contributed by atoms with Gasteiger partial charge in [0.25, 0.3) is 12.2 Å². The maximum absolute atomic E-state index is 10.7. The van der Waals surface area contributed by atoms with E-state index in [-0.39, 0.29) is 23.6 Å². The summed E-state index contributed by atoms with van der Waals surface area (Å²) in [5.74, 6) is -1.67. The van der Waals surface area contributed by atoms with Crippen molar-refractivity contribution in [1.82, 2.24) is 0 Å². The number of nitro groups is 1. The van der Waals surface area contributed by atoms with Gasteiger partial charge in [0.1, 0.15) is 5.76 Å². The SMILES string of the molecule is CC(O)=C(C#[N+]CCc1ccc([N+](=O)[O-])cc1)C(=O)O. The van der Waals surface area contributed by atoms with Crippen LogP contribution >= 0.6 is 0 Å². The summed E-state index contributed by atoms with van der Waals surface area (Å²) >= 11 is 0. The zero-order chi connectivity index (χ0) is 15.1. The van der Waals surface area contributed by atoms with E-state index in [9.17, 15) is 14.9 Å². The van der Waals surface area contributed by atoms with Crippen molar-refractivity contribution in [2.75, 3.05) is 6.54 Å². The molecule has 7 nitrogen and oxygen atoms in total. The van der Waals surface area contributed by atoms with Crippen molar-refractivity contribution in [3.63, 3.8) is 0 Å². The number of aliphatic hydroxyl groups is 1. The van der Waals surface area contributed by atoms with E-state index >= 15 is 0 Å². The Hall–Kier alpha value is -2.88. The third kappa shape index (κ3) is 4.42. The Labute approximate surface area is 114 Å². The van der Waals surface area contributed by atoms with Gasteiger partial charge in [0, 0.05) is 18.6 Å². The second-order valence-corrected chi connectivity index (χ2v) is 3.93. The van der Waals surface area contributed by atoms with Crippen LogP contribution in [0.15, 0.2) is 35.6 Å². The number of carbonyl (C=O) groups is 1. The molecule has 0 fully saturated rings. The number of carboxylic acid groups (broad SMARTS) is 1. The molecule has 2 N–H and O–H groups in total. The van der Waals surface area contributed by atoms with Gasteiger partial charge in [-0.3, -0.25) is 10.1 Å². The van der Waals surface area contributed by atoms with Crippen LogP contribution in [0.1, 0.15) is 12.5 Å². The lowest BCUT2D eigenvalue weighted by Crippen LogP contribution is -2.01. The van der Waals surface area contributed by atoms with Crippen molar-refractivity contribution in [3.8, 4) is 6.07 Å². The summed E-state index contributed by atoms with van der Waals surface area (Å²) in [5, 5.41) is 28.3. The van der Waals surface area contributed by atoms with Crippen LogP contribution in [0.25, 0.3) is 4.85 Å². The summed E-state index contributed by atoms with van der Waals surface area (Å²) in [6.07, 6.45) is 0.488. The van der Waals surface area contributed by atoms with E-state index in [0.717, 1.165) is 5.56 Å². The predicted octanol–water partition coefficient (Wildman–Crippen LogP) is 2.39. The molecule has 20 heavy (non-hydrogen) atoms. The quantitative estimate of drug-likeness (QED) is 0.289. The summed E-state index contributed by atoms with van der Waals surface area (Å²) in [4.78, 5) is 24.5. The minimum atomic E-state index is -1.30. The normalized spacial score (nSPS) is 11.1. The first-order valence-electron chi connectivity index (χ1n) is 5.70. The number of aliphatic carboxylic acids is 1. The van der Waals surface area contributed by atoms with Gasteiger partial charge >= 0.3 is 12.0 Å². The highest BCUT2D eigenvalue weighted by atomic mass is 16.6. The number of nitro benzene ring substituents is 1. The Morgan fingerprint density at radius 1 is 1.35 bits per heavy atom. The second-order valence-electron chi connectivity index (χ2n) is 3.93. The molecule has 0 aliphatic rings. The molecular formula is C13H13N2O5+. The van der Waals surface area contributed by atoms with Gasteiger partial charge in [-0.2, -0.15) is 0 Å². The number of rotatable bonds is 4. The average Bonchev–Trinajstić information content (AvgIpc) is 2.38. The lowest BCUT2D eigenvalue weighted by Gasteiger charge is -1.93. The fourth-order valence-corrected chi connectivity index (χ4v) is 1.39. The van der Waals surface area contributed by atoms with Crippen LogP contribution in [0, 0.1) is 16.2 Å². The van der Waals surface area contributed by atoms with E-state index in [2.05, 4.69) is 10.9 Å². The lowest BCUT2D eigenvalue weighted by atomic mass is 10.1. The number of hydrogen-bond acceptors (Lipinski definition) is 4. The molecule has 0 bridgehead atoms. The molecule has 0 aliphatic heterocycles. The van der Waals surface area contributed by atoms with Gasteiger partial charge < -0.3 is 10.2 Å². The van der Waals surface area contributed by atoms with Crippen LogP contribution in [0.4, 0.5) is 5.69 Å². The summed E-state index contributed by atoms with van der Waals surface area (Å²) in [6, 6.07) is 8.27. The van der Waals surface area contributed by atoms with Gasteiger partial charge in [-0.25, -0.2) is 4.79 Å². The molecule has 0 saturated carbocycles. The minimum Gasteiger partial charge on any atom is -0.511 e. The fourth-order valence-electron chi connectivity index (χ4n) is 1.39. The molecule has 0 radical (unpaired) electrons. The van der Waals surface area contributed by atoms with Crippen LogP contribution < -0.4 is 0 Å². The van der Waals surface area contributed by atoms with Crippen molar-refractivity contribution in [2.24, 2.45) is 0 Å². The first kappa shape index (κ1) is 15.2. The average molecular weight is 277 g/mol. The topological polar surface area (TPSA) is 105 Å². The summed E-state index contributed by atoms with van der Waals surface area (Å²) in [7, 11) is 0. The van der Waals surface area contributed by atoms with Crippen LogP contribution in [0.2, 0.25) is 0 Å². The van der Waals surface area contributed by atoms with Gasteiger partial charge in [0.15, 0.2) is 0 Å². The Balaban J connectivity index is 2.64. The van der Waals surface area contributed by atoms with Crippen LogP contribution in [-0.4, -0.2) is 27.7 Å². The zero-order valence-corrected chi connectivity index (χ0v) is 10.7. The molecule has 0 aliphatic carbocycles. The third-order valence-corrected chi connectivity index (χ3v) is 2.43. The van der Waals surface area contributed by atoms with Crippen molar-refractivity contribution in [2.45, 2.75) is 13.3 Å². The third-order valence-electron chi connectivity index (χ3n) is 2.43. The largest absolute Gasteiger partial charge is 0.511 e. The molecule has 104 valence electrons. The Bertz CT molecular complexity index is 604. The molecule has 1 aromatic carbocycles. The Kier molecular flexibility index (Phi) is 5.23. The number of aliphatic hydroxyl groups excluding tert-OH is 1. The molecule has 0 heterocycles. The predicted molar refractivity (Wildman–Crippen MR) is 71.9 cm³/mol. The number of nitrogens with zero attached hydrogens (tertiary/aromatic N) is 2. The number of non-ortho nitro benzene ring substituents is 1. The fraction of sp³-hybridized carbons (Fsp3) is 0.231. The standard InChI is InChI=1S/C13H12N2O5/c1-9(16)12(13(17)18)8-14-7-6-10-2-4-11(5-3-10)15(19)20/h2-5H,6-7H2,1H3,(H,17,18)/p+1. The van der Waals surface area contributed by atoms with Crippen molar-refractivity contribution in [1.29, 1.82) is 0 Å². The summed E-state index contributed by atoms with van der Waals surface area (Å²) < 4.78 is 0. The van der Waals surface area contributed by atoms with Crippen LogP contribution in [0.3, 0.4) is 0 Å². The smallest absolute Gasteiger partial charge is 0.354 e. The molecular weight excluding hydrogens is 264 g/mol. The molecule has 0 aromatic heterocycles.